The van der Waals surface area contributed by atoms with Gasteiger partial charge in [0.2, 0.25) is 11.7 Å². The first-order valence-electron chi connectivity index (χ1n) is 10.4. The smallest absolute Gasteiger partial charge is 0.260 e. The number of para-hydroxylation sites is 3. The Bertz CT molecular complexity index is 1500. The van der Waals surface area contributed by atoms with Gasteiger partial charge in [-0.2, -0.15) is 0 Å². The molecule has 0 fully saturated rings. The van der Waals surface area contributed by atoms with Crippen molar-refractivity contribution in [2.45, 2.75) is 13.5 Å². The normalized spacial score (nSPS) is 11.2. The Hall–Kier alpha value is -4.19. The topological polar surface area (TPSA) is 59.6 Å². The molecular formula is C26H22N4O2. The van der Waals surface area contributed by atoms with Gasteiger partial charge in [0, 0.05) is 24.4 Å². The molecule has 0 unspecified atom stereocenters. The van der Waals surface area contributed by atoms with E-state index in [9.17, 15) is 9.59 Å². The van der Waals surface area contributed by atoms with Crippen LogP contribution in [0.15, 0.2) is 89.7 Å². The van der Waals surface area contributed by atoms with Gasteiger partial charge in [-0.05, 0) is 31.2 Å². The molecule has 0 aliphatic heterocycles. The summed E-state index contributed by atoms with van der Waals surface area (Å²) >= 11 is 0. The summed E-state index contributed by atoms with van der Waals surface area (Å²) < 4.78 is 3.39. The maximum atomic E-state index is 13.2. The van der Waals surface area contributed by atoms with Gasteiger partial charge >= 0.3 is 0 Å². The molecule has 2 heterocycles. The van der Waals surface area contributed by atoms with Crippen LogP contribution in [-0.2, 0) is 11.3 Å². The molecule has 158 valence electrons. The third kappa shape index (κ3) is 3.36. The number of fused-ring (bicyclic) bond motifs is 3. The van der Waals surface area contributed by atoms with Crippen LogP contribution >= 0.6 is 0 Å². The molecular weight excluding hydrogens is 400 g/mol. The molecule has 3 aromatic carbocycles. The number of rotatable bonds is 4. The highest BCUT2D eigenvalue weighted by molar-refractivity contribution is 5.94. The van der Waals surface area contributed by atoms with Crippen LogP contribution in [0, 0.1) is 6.92 Å². The molecule has 6 nitrogen and oxygen atoms in total. The van der Waals surface area contributed by atoms with E-state index in [1.165, 1.54) is 0 Å². The Labute approximate surface area is 185 Å². The molecule has 0 atom stereocenters. The zero-order valence-electron chi connectivity index (χ0n) is 17.9. The molecule has 0 saturated carbocycles. The number of carbonyl (C=O) groups is 1. The predicted molar refractivity (Wildman–Crippen MR) is 127 cm³/mol. The summed E-state index contributed by atoms with van der Waals surface area (Å²) in [4.78, 5) is 32.7. The van der Waals surface area contributed by atoms with Crippen molar-refractivity contribution in [3.8, 4) is 11.3 Å². The van der Waals surface area contributed by atoms with Crippen molar-refractivity contribution >= 4 is 28.4 Å². The number of likely N-dealkylation sites (N-methyl/N-ethyl adjacent to an activating group) is 1. The minimum absolute atomic E-state index is 0.0617. The van der Waals surface area contributed by atoms with E-state index in [-0.39, 0.29) is 18.0 Å². The largest absolute Gasteiger partial charge is 0.314 e. The molecule has 0 saturated heterocycles. The maximum Gasteiger partial charge on any atom is 0.260 e. The van der Waals surface area contributed by atoms with E-state index in [2.05, 4.69) is 0 Å². The van der Waals surface area contributed by atoms with E-state index < -0.39 is 0 Å². The third-order valence-corrected chi connectivity index (χ3v) is 5.71. The van der Waals surface area contributed by atoms with Gasteiger partial charge in [-0.15, -0.1) is 0 Å². The zero-order valence-corrected chi connectivity index (χ0v) is 17.9. The highest BCUT2D eigenvalue weighted by Gasteiger charge is 2.19. The van der Waals surface area contributed by atoms with Crippen LogP contribution in [-0.4, -0.2) is 26.9 Å². The zero-order chi connectivity index (χ0) is 22.2. The van der Waals surface area contributed by atoms with Gasteiger partial charge in [0.15, 0.2) is 0 Å². The fourth-order valence-electron chi connectivity index (χ4n) is 3.93. The van der Waals surface area contributed by atoms with Gasteiger partial charge < -0.3 is 9.47 Å². The van der Waals surface area contributed by atoms with Crippen LogP contribution < -0.4 is 10.5 Å². The summed E-state index contributed by atoms with van der Waals surface area (Å²) in [6.45, 7) is 2.08. The minimum atomic E-state index is -0.176. The van der Waals surface area contributed by atoms with Crippen LogP contribution in [0.2, 0.25) is 0 Å². The number of hydrogen-bond acceptors (Lipinski definition) is 3. The van der Waals surface area contributed by atoms with Crippen molar-refractivity contribution in [2.75, 3.05) is 11.9 Å². The van der Waals surface area contributed by atoms with E-state index in [0.717, 1.165) is 27.8 Å². The summed E-state index contributed by atoms with van der Waals surface area (Å²) in [7, 11) is 1.75. The number of aryl methyl sites for hydroxylation is 1. The molecule has 0 radical (unpaired) electrons. The monoisotopic (exact) mass is 422 g/mol. The molecule has 0 spiro atoms. The van der Waals surface area contributed by atoms with E-state index in [4.69, 9.17) is 4.98 Å². The van der Waals surface area contributed by atoms with Crippen molar-refractivity contribution in [3.05, 3.63) is 101 Å². The van der Waals surface area contributed by atoms with Crippen molar-refractivity contribution in [3.63, 3.8) is 0 Å². The van der Waals surface area contributed by atoms with Crippen molar-refractivity contribution in [1.29, 1.82) is 0 Å². The first kappa shape index (κ1) is 19.8. The highest BCUT2D eigenvalue weighted by atomic mass is 16.2. The number of aromatic nitrogens is 3. The average molecular weight is 422 g/mol. The fraction of sp³-hybridized carbons (Fsp3) is 0.115. The van der Waals surface area contributed by atoms with Gasteiger partial charge in [-0.25, -0.2) is 9.38 Å². The number of amides is 1. The second kappa shape index (κ2) is 7.81. The summed E-state index contributed by atoms with van der Waals surface area (Å²) in [5.41, 5.74) is 4.73. The molecule has 2 aromatic heterocycles. The number of carbonyl (C=O) groups excluding carboxylic acids is 1. The molecule has 0 N–H and O–H groups in total. The van der Waals surface area contributed by atoms with Gasteiger partial charge in [0.1, 0.15) is 6.54 Å². The van der Waals surface area contributed by atoms with E-state index >= 15 is 0 Å². The van der Waals surface area contributed by atoms with Crippen molar-refractivity contribution < 1.29 is 4.79 Å². The summed E-state index contributed by atoms with van der Waals surface area (Å²) in [5, 5.41) is 0. The molecule has 0 bridgehead atoms. The molecule has 32 heavy (non-hydrogen) atoms. The standard InChI is InChI=1S/C26H22N4O2/c1-18-12-14-19(15-13-18)21-16-24(31)30-23-11-7-6-10-22(23)29(26(30)27-21)17-25(32)28(2)20-8-4-3-5-9-20/h3-16H,17H2,1-2H3. The first-order chi connectivity index (χ1) is 15.5. The van der Waals surface area contributed by atoms with E-state index in [0.29, 0.717) is 11.5 Å². The summed E-state index contributed by atoms with van der Waals surface area (Å²) in [6.07, 6.45) is 0. The average Bonchev–Trinajstić information content (AvgIpc) is 3.13. The highest BCUT2D eigenvalue weighted by Crippen LogP contribution is 2.23. The van der Waals surface area contributed by atoms with E-state index in [1.807, 2.05) is 90.4 Å². The van der Waals surface area contributed by atoms with E-state index in [1.54, 1.807) is 22.4 Å². The Balaban J connectivity index is 1.67. The third-order valence-electron chi connectivity index (χ3n) is 5.71. The lowest BCUT2D eigenvalue weighted by atomic mass is 10.1. The Kier molecular flexibility index (Phi) is 4.82. The molecule has 1 amide bonds. The molecule has 0 aliphatic rings. The maximum absolute atomic E-state index is 13.2. The molecule has 0 aliphatic carbocycles. The predicted octanol–water partition coefficient (Wildman–Crippen LogP) is 4.29. The number of hydrogen-bond donors (Lipinski definition) is 0. The summed E-state index contributed by atoms with van der Waals surface area (Å²) in [5.74, 6) is 0.346. The second-order valence-corrected chi connectivity index (χ2v) is 7.84. The number of imidazole rings is 1. The number of anilines is 1. The van der Waals surface area contributed by atoms with Crippen LogP contribution in [0.4, 0.5) is 5.69 Å². The fourth-order valence-corrected chi connectivity index (χ4v) is 3.93. The number of nitrogens with zero attached hydrogens (tertiary/aromatic N) is 4. The second-order valence-electron chi connectivity index (χ2n) is 7.84. The molecule has 5 rings (SSSR count). The lowest BCUT2D eigenvalue weighted by molar-refractivity contribution is -0.118. The lowest BCUT2D eigenvalue weighted by Gasteiger charge is -2.18. The van der Waals surface area contributed by atoms with Crippen LogP contribution in [0.3, 0.4) is 0 Å². The quantitative estimate of drug-likeness (QED) is 0.434. The Morgan fingerprint density at radius 3 is 2.28 bits per heavy atom. The van der Waals surface area contributed by atoms with Gasteiger partial charge in [0.25, 0.3) is 5.56 Å². The minimum Gasteiger partial charge on any atom is -0.314 e. The van der Waals surface area contributed by atoms with Crippen molar-refractivity contribution in [2.24, 2.45) is 0 Å². The van der Waals surface area contributed by atoms with Crippen LogP contribution in [0.25, 0.3) is 28.1 Å². The van der Waals surface area contributed by atoms with Gasteiger partial charge in [0.05, 0.1) is 16.7 Å². The molecule has 5 aromatic rings. The van der Waals surface area contributed by atoms with Gasteiger partial charge in [-0.3, -0.25) is 9.59 Å². The van der Waals surface area contributed by atoms with Crippen molar-refractivity contribution in [1.82, 2.24) is 14.0 Å². The SMILES string of the molecule is Cc1ccc(-c2cc(=O)n3c4ccccc4n(CC(=O)N(C)c4ccccc4)c3n2)cc1. The Morgan fingerprint density at radius 2 is 1.56 bits per heavy atom. The lowest BCUT2D eigenvalue weighted by Crippen LogP contribution is -2.30. The summed E-state index contributed by atoms with van der Waals surface area (Å²) in [6, 6.07) is 26.5. The Morgan fingerprint density at radius 1 is 0.906 bits per heavy atom. The first-order valence-corrected chi connectivity index (χ1v) is 10.4. The number of benzene rings is 3. The van der Waals surface area contributed by atoms with Crippen LogP contribution in [0.1, 0.15) is 5.56 Å². The molecule has 6 heteroatoms. The van der Waals surface area contributed by atoms with Gasteiger partial charge in [-0.1, -0.05) is 60.2 Å². The van der Waals surface area contributed by atoms with Crippen LogP contribution in [0.5, 0.6) is 0 Å².